The number of likely N-dealkylation sites (N-methyl/N-ethyl adjacent to an activating group) is 1. The molecule has 17 heavy (non-hydrogen) atoms. The third-order valence-electron chi connectivity index (χ3n) is 2.43. The first-order valence-corrected chi connectivity index (χ1v) is 4.89. The summed E-state index contributed by atoms with van der Waals surface area (Å²) in [5.41, 5.74) is 5.39. The standard InChI is InChI=1S/C11H14F2N2O.ClH/c1-7(6-14)15(2)11(16)8-3-9(12)5-10(13)4-8;/h3-5,7H,6,14H2,1-2H3;1H. The van der Waals surface area contributed by atoms with E-state index in [0.717, 1.165) is 18.2 Å². The van der Waals surface area contributed by atoms with Gasteiger partial charge in [0.25, 0.3) is 5.91 Å². The zero-order valence-electron chi connectivity index (χ0n) is 9.61. The Kier molecular flexibility index (Phi) is 6.05. The molecule has 0 aliphatic rings. The molecule has 1 atom stereocenters. The molecule has 0 radical (unpaired) electrons. The van der Waals surface area contributed by atoms with Crippen LogP contribution in [-0.2, 0) is 0 Å². The van der Waals surface area contributed by atoms with Crippen molar-refractivity contribution in [3.8, 4) is 0 Å². The van der Waals surface area contributed by atoms with Crippen LogP contribution >= 0.6 is 12.4 Å². The van der Waals surface area contributed by atoms with Crippen LogP contribution in [0.1, 0.15) is 17.3 Å². The lowest BCUT2D eigenvalue weighted by atomic mass is 10.1. The van der Waals surface area contributed by atoms with Gasteiger partial charge >= 0.3 is 0 Å². The van der Waals surface area contributed by atoms with E-state index >= 15 is 0 Å². The number of rotatable bonds is 3. The summed E-state index contributed by atoms with van der Waals surface area (Å²) in [6.07, 6.45) is 0. The molecule has 1 unspecified atom stereocenters. The van der Waals surface area contributed by atoms with Crippen molar-refractivity contribution in [2.24, 2.45) is 5.73 Å². The van der Waals surface area contributed by atoms with Crippen LogP contribution in [0.3, 0.4) is 0 Å². The molecular formula is C11H15ClF2N2O. The lowest BCUT2D eigenvalue weighted by Crippen LogP contribution is -2.39. The van der Waals surface area contributed by atoms with E-state index < -0.39 is 17.5 Å². The van der Waals surface area contributed by atoms with E-state index in [1.54, 1.807) is 14.0 Å². The van der Waals surface area contributed by atoms with Gasteiger partial charge < -0.3 is 10.6 Å². The zero-order chi connectivity index (χ0) is 12.3. The second kappa shape index (κ2) is 6.51. The lowest BCUT2D eigenvalue weighted by molar-refractivity contribution is 0.0747. The fourth-order valence-corrected chi connectivity index (χ4v) is 1.24. The van der Waals surface area contributed by atoms with Gasteiger partial charge in [0.1, 0.15) is 11.6 Å². The molecule has 0 heterocycles. The number of hydrogen-bond donors (Lipinski definition) is 1. The van der Waals surface area contributed by atoms with E-state index in [9.17, 15) is 13.6 Å². The Morgan fingerprint density at radius 1 is 1.35 bits per heavy atom. The summed E-state index contributed by atoms with van der Waals surface area (Å²) < 4.78 is 25.8. The van der Waals surface area contributed by atoms with Crippen LogP contribution in [0.5, 0.6) is 0 Å². The van der Waals surface area contributed by atoms with E-state index in [-0.39, 0.29) is 24.0 Å². The van der Waals surface area contributed by atoms with E-state index in [0.29, 0.717) is 6.54 Å². The Labute approximate surface area is 105 Å². The maximum absolute atomic E-state index is 12.9. The van der Waals surface area contributed by atoms with Gasteiger partial charge in [-0.3, -0.25) is 4.79 Å². The Bertz CT molecular complexity index is 381. The monoisotopic (exact) mass is 264 g/mol. The Morgan fingerprint density at radius 3 is 2.24 bits per heavy atom. The van der Waals surface area contributed by atoms with E-state index in [4.69, 9.17) is 5.73 Å². The highest BCUT2D eigenvalue weighted by Crippen LogP contribution is 2.11. The van der Waals surface area contributed by atoms with Crippen LogP contribution in [-0.4, -0.2) is 30.4 Å². The van der Waals surface area contributed by atoms with Crippen molar-refractivity contribution in [1.82, 2.24) is 4.90 Å². The van der Waals surface area contributed by atoms with Crippen molar-refractivity contribution < 1.29 is 13.6 Å². The van der Waals surface area contributed by atoms with E-state index in [2.05, 4.69) is 0 Å². The minimum Gasteiger partial charge on any atom is -0.338 e. The average molecular weight is 265 g/mol. The Balaban J connectivity index is 0.00000256. The second-order valence-corrected chi connectivity index (χ2v) is 3.66. The minimum absolute atomic E-state index is 0. The molecule has 3 nitrogen and oxygen atoms in total. The molecular weight excluding hydrogens is 250 g/mol. The average Bonchev–Trinajstić information content (AvgIpc) is 2.24. The van der Waals surface area contributed by atoms with Crippen LogP contribution in [0, 0.1) is 11.6 Å². The van der Waals surface area contributed by atoms with Gasteiger partial charge in [0.2, 0.25) is 0 Å². The molecule has 0 aliphatic heterocycles. The van der Waals surface area contributed by atoms with Crippen LogP contribution in [0.4, 0.5) is 8.78 Å². The van der Waals surface area contributed by atoms with Crippen molar-refractivity contribution >= 4 is 18.3 Å². The van der Waals surface area contributed by atoms with Crippen molar-refractivity contribution in [3.05, 3.63) is 35.4 Å². The molecule has 0 saturated carbocycles. The molecule has 0 aromatic heterocycles. The van der Waals surface area contributed by atoms with Crippen molar-refractivity contribution in [1.29, 1.82) is 0 Å². The van der Waals surface area contributed by atoms with E-state index in [1.807, 2.05) is 0 Å². The highest BCUT2D eigenvalue weighted by Gasteiger charge is 2.17. The number of nitrogens with two attached hydrogens (primary N) is 1. The first-order valence-electron chi connectivity index (χ1n) is 4.89. The minimum atomic E-state index is -0.767. The number of nitrogens with zero attached hydrogens (tertiary/aromatic N) is 1. The Morgan fingerprint density at radius 2 is 1.82 bits per heavy atom. The van der Waals surface area contributed by atoms with Gasteiger partial charge in [0.15, 0.2) is 0 Å². The summed E-state index contributed by atoms with van der Waals surface area (Å²) >= 11 is 0. The van der Waals surface area contributed by atoms with Gasteiger partial charge in [-0.1, -0.05) is 0 Å². The molecule has 0 spiro atoms. The fourth-order valence-electron chi connectivity index (χ4n) is 1.24. The number of carbonyl (C=O) groups is 1. The predicted octanol–water partition coefficient (Wildman–Crippen LogP) is 1.81. The molecule has 0 fully saturated rings. The molecule has 1 amide bonds. The zero-order valence-corrected chi connectivity index (χ0v) is 10.4. The molecule has 1 aromatic carbocycles. The molecule has 0 saturated heterocycles. The van der Waals surface area contributed by atoms with Gasteiger partial charge in [-0.2, -0.15) is 0 Å². The highest BCUT2D eigenvalue weighted by atomic mass is 35.5. The first kappa shape index (κ1) is 15.8. The van der Waals surface area contributed by atoms with Gasteiger partial charge in [0, 0.05) is 31.3 Å². The smallest absolute Gasteiger partial charge is 0.254 e. The molecule has 0 bridgehead atoms. The number of hydrogen-bond acceptors (Lipinski definition) is 2. The van der Waals surface area contributed by atoms with Crippen LogP contribution < -0.4 is 5.73 Å². The molecule has 2 N–H and O–H groups in total. The summed E-state index contributed by atoms with van der Waals surface area (Å²) in [7, 11) is 1.54. The van der Waals surface area contributed by atoms with Crippen molar-refractivity contribution in [3.63, 3.8) is 0 Å². The molecule has 1 aromatic rings. The van der Waals surface area contributed by atoms with Crippen LogP contribution in [0.25, 0.3) is 0 Å². The quantitative estimate of drug-likeness (QED) is 0.905. The van der Waals surface area contributed by atoms with Crippen molar-refractivity contribution in [2.75, 3.05) is 13.6 Å². The van der Waals surface area contributed by atoms with Gasteiger partial charge in [-0.25, -0.2) is 8.78 Å². The predicted molar refractivity (Wildman–Crippen MR) is 64.2 cm³/mol. The summed E-state index contributed by atoms with van der Waals surface area (Å²) in [5.74, 6) is -1.98. The maximum atomic E-state index is 12.9. The van der Waals surface area contributed by atoms with Crippen LogP contribution in [0.2, 0.25) is 0 Å². The SMILES string of the molecule is CC(CN)N(C)C(=O)c1cc(F)cc(F)c1.Cl. The summed E-state index contributed by atoms with van der Waals surface area (Å²) in [6.45, 7) is 2.05. The molecule has 0 aliphatic carbocycles. The van der Waals surface area contributed by atoms with Crippen molar-refractivity contribution in [2.45, 2.75) is 13.0 Å². The first-order chi connectivity index (χ1) is 7.45. The Hall–Kier alpha value is -1.20. The topological polar surface area (TPSA) is 46.3 Å². The lowest BCUT2D eigenvalue weighted by Gasteiger charge is -2.23. The van der Waals surface area contributed by atoms with Gasteiger partial charge in [0.05, 0.1) is 0 Å². The third-order valence-corrected chi connectivity index (χ3v) is 2.43. The number of amides is 1. The number of carbonyl (C=O) groups excluding carboxylic acids is 1. The number of halogens is 3. The summed E-state index contributed by atoms with van der Waals surface area (Å²) in [5, 5.41) is 0. The highest BCUT2D eigenvalue weighted by molar-refractivity contribution is 5.94. The normalized spacial score (nSPS) is 11.6. The summed E-state index contributed by atoms with van der Waals surface area (Å²) in [4.78, 5) is 13.1. The summed E-state index contributed by atoms with van der Waals surface area (Å²) in [6, 6.07) is 2.55. The van der Waals surface area contributed by atoms with Gasteiger partial charge in [-0.15, -0.1) is 12.4 Å². The maximum Gasteiger partial charge on any atom is 0.254 e. The van der Waals surface area contributed by atoms with Crippen LogP contribution in [0.15, 0.2) is 18.2 Å². The third kappa shape index (κ3) is 3.94. The molecule has 1 rings (SSSR count). The number of benzene rings is 1. The van der Waals surface area contributed by atoms with E-state index in [1.165, 1.54) is 4.90 Å². The largest absolute Gasteiger partial charge is 0.338 e. The molecule has 6 heteroatoms. The van der Waals surface area contributed by atoms with Gasteiger partial charge in [-0.05, 0) is 19.1 Å². The fraction of sp³-hybridized carbons (Fsp3) is 0.364. The second-order valence-electron chi connectivity index (χ2n) is 3.66. The molecule has 96 valence electrons.